The maximum atomic E-state index is 12.7. The van der Waals surface area contributed by atoms with E-state index in [0.717, 1.165) is 18.9 Å². The van der Waals surface area contributed by atoms with E-state index in [4.69, 9.17) is 10.5 Å². The van der Waals surface area contributed by atoms with Crippen molar-refractivity contribution >= 4 is 11.4 Å². The Hall–Kier alpha value is -1.43. The van der Waals surface area contributed by atoms with Crippen LogP contribution in [-0.4, -0.2) is 19.3 Å². The lowest BCUT2D eigenvalue weighted by atomic mass is 10.1. The minimum atomic E-state index is -4.43. The zero-order chi connectivity index (χ0) is 13.2. The molecule has 0 aliphatic carbocycles. The van der Waals surface area contributed by atoms with E-state index in [0.29, 0.717) is 18.9 Å². The number of rotatable bonds is 2. The van der Waals surface area contributed by atoms with Gasteiger partial charge in [-0.3, -0.25) is 0 Å². The van der Waals surface area contributed by atoms with Gasteiger partial charge in [-0.2, -0.15) is 13.2 Å². The third-order valence-corrected chi connectivity index (χ3v) is 2.89. The molecule has 1 aliphatic heterocycles. The van der Waals surface area contributed by atoms with Crippen molar-refractivity contribution in [1.29, 1.82) is 0 Å². The molecule has 18 heavy (non-hydrogen) atoms. The van der Waals surface area contributed by atoms with Crippen LogP contribution in [0, 0.1) is 0 Å². The average Bonchev–Trinajstić information content (AvgIpc) is 2.31. The van der Waals surface area contributed by atoms with Crippen molar-refractivity contribution in [3.63, 3.8) is 0 Å². The highest BCUT2D eigenvalue weighted by Gasteiger charge is 2.33. The van der Waals surface area contributed by atoms with Crippen LogP contribution in [0.4, 0.5) is 24.5 Å². The van der Waals surface area contributed by atoms with Gasteiger partial charge in [-0.05, 0) is 31.0 Å². The summed E-state index contributed by atoms with van der Waals surface area (Å²) < 4.78 is 43.3. The SMILES string of the molecule is Nc1ccc(NC2CCCOC2)cc1C(F)(F)F. The molecular weight excluding hydrogens is 245 g/mol. The Kier molecular flexibility index (Phi) is 3.65. The monoisotopic (exact) mass is 260 g/mol. The average molecular weight is 260 g/mol. The first-order valence-corrected chi connectivity index (χ1v) is 5.78. The number of alkyl halides is 3. The molecule has 1 fully saturated rings. The Balaban J connectivity index is 2.14. The van der Waals surface area contributed by atoms with Crippen molar-refractivity contribution in [2.45, 2.75) is 25.1 Å². The van der Waals surface area contributed by atoms with Crippen molar-refractivity contribution in [3.8, 4) is 0 Å². The summed E-state index contributed by atoms with van der Waals surface area (Å²) in [5.74, 6) is 0. The van der Waals surface area contributed by atoms with Crippen molar-refractivity contribution in [1.82, 2.24) is 0 Å². The number of nitrogens with one attached hydrogen (secondary N) is 1. The summed E-state index contributed by atoms with van der Waals surface area (Å²) in [6.45, 7) is 1.24. The molecule has 3 nitrogen and oxygen atoms in total. The summed E-state index contributed by atoms with van der Waals surface area (Å²) in [5, 5.41) is 3.04. The summed E-state index contributed by atoms with van der Waals surface area (Å²) in [4.78, 5) is 0. The van der Waals surface area contributed by atoms with Gasteiger partial charge in [-0.15, -0.1) is 0 Å². The van der Waals surface area contributed by atoms with E-state index in [1.807, 2.05) is 0 Å². The quantitative estimate of drug-likeness (QED) is 0.804. The van der Waals surface area contributed by atoms with Crippen LogP contribution < -0.4 is 11.1 Å². The Morgan fingerprint density at radius 3 is 2.72 bits per heavy atom. The molecule has 3 N–H and O–H groups in total. The molecule has 0 spiro atoms. The van der Waals surface area contributed by atoms with E-state index in [1.165, 1.54) is 6.07 Å². The normalized spacial score (nSPS) is 20.7. The van der Waals surface area contributed by atoms with Gasteiger partial charge in [0, 0.05) is 24.0 Å². The molecule has 0 aromatic heterocycles. The molecule has 1 unspecified atom stereocenters. The number of nitrogen functional groups attached to an aromatic ring is 1. The maximum Gasteiger partial charge on any atom is 0.418 e. The van der Waals surface area contributed by atoms with Crippen molar-refractivity contribution < 1.29 is 17.9 Å². The van der Waals surface area contributed by atoms with Crippen LogP contribution in [0.3, 0.4) is 0 Å². The fraction of sp³-hybridized carbons (Fsp3) is 0.500. The molecule has 1 aromatic carbocycles. The van der Waals surface area contributed by atoms with Crippen LogP contribution in [0.1, 0.15) is 18.4 Å². The zero-order valence-corrected chi connectivity index (χ0v) is 9.76. The summed E-state index contributed by atoms with van der Waals surface area (Å²) in [6, 6.07) is 3.93. The third kappa shape index (κ3) is 3.07. The van der Waals surface area contributed by atoms with Gasteiger partial charge in [0.1, 0.15) is 0 Å². The minimum Gasteiger partial charge on any atom is -0.398 e. The Bertz CT molecular complexity index is 414. The molecule has 0 bridgehead atoms. The van der Waals surface area contributed by atoms with Gasteiger partial charge in [0.25, 0.3) is 0 Å². The van der Waals surface area contributed by atoms with Crippen molar-refractivity contribution in [2.75, 3.05) is 24.3 Å². The van der Waals surface area contributed by atoms with E-state index in [2.05, 4.69) is 5.32 Å². The van der Waals surface area contributed by atoms with Gasteiger partial charge in [-0.25, -0.2) is 0 Å². The molecular formula is C12H15F3N2O. The molecule has 6 heteroatoms. The van der Waals surface area contributed by atoms with Gasteiger partial charge in [0.15, 0.2) is 0 Å². The van der Waals surface area contributed by atoms with Gasteiger partial charge < -0.3 is 15.8 Å². The van der Waals surface area contributed by atoms with Crippen LogP contribution in [0.2, 0.25) is 0 Å². The zero-order valence-electron chi connectivity index (χ0n) is 9.76. The smallest absolute Gasteiger partial charge is 0.398 e. The molecule has 1 aromatic rings. The Morgan fingerprint density at radius 2 is 2.11 bits per heavy atom. The van der Waals surface area contributed by atoms with Gasteiger partial charge >= 0.3 is 6.18 Å². The summed E-state index contributed by atoms with van der Waals surface area (Å²) >= 11 is 0. The lowest BCUT2D eigenvalue weighted by Gasteiger charge is -2.24. The van der Waals surface area contributed by atoms with Crippen molar-refractivity contribution in [3.05, 3.63) is 23.8 Å². The summed E-state index contributed by atoms with van der Waals surface area (Å²) in [6.07, 6.45) is -2.62. The Labute approximate surface area is 103 Å². The van der Waals surface area contributed by atoms with Crippen LogP contribution in [0.5, 0.6) is 0 Å². The highest BCUT2D eigenvalue weighted by atomic mass is 19.4. The first-order valence-electron chi connectivity index (χ1n) is 5.78. The second-order valence-corrected chi connectivity index (χ2v) is 4.36. The van der Waals surface area contributed by atoms with Gasteiger partial charge in [0.05, 0.1) is 12.2 Å². The first-order chi connectivity index (χ1) is 8.47. The molecule has 2 rings (SSSR count). The lowest BCUT2D eigenvalue weighted by molar-refractivity contribution is -0.136. The number of hydrogen-bond acceptors (Lipinski definition) is 3. The fourth-order valence-corrected chi connectivity index (χ4v) is 1.98. The number of anilines is 2. The predicted octanol–water partition coefficient (Wildman–Crippen LogP) is 2.88. The topological polar surface area (TPSA) is 47.3 Å². The largest absolute Gasteiger partial charge is 0.418 e. The Morgan fingerprint density at radius 1 is 1.33 bits per heavy atom. The third-order valence-electron chi connectivity index (χ3n) is 2.89. The van der Waals surface area contributed by atoms with E-state index in [9.17, 15) is 13.2 Å². The van der Waals surface area contributed by atoms with Gasteiger partial charge in [-0.1, -0.05) is 0 Å². The van der Waals surface area contributed by atoms with Crippen LogP contribution in [0.25, 0.3) is 0 Å². The lowest BCUT2D eigenvalue weighted by Crippen LogP contribution is -2.30. The van der Waals surface area contributed by atoms with Gasteiger partial charge in [0.2, 0.25) is 0 Å². The maximum absolute atomic E-state index is 12.7. The summed E-state index contributed by atoms with van der Waals surface area (Å²) in [5.41, 5.74) is 4.70. The number of ether oxygens (including phenoxy) is 1. The number of halogens is 3. The number of benzene rings is 1. The molecule has 0 amide bonds. The van der Waals surface area contributed by atoms with E-state index in [-0.39, 0.29) is 11.7 Å². The second-order valence-electron chi connectivity index (χ2n) is 4.36. The second kappa shape index (κ2) is 5.06. The minimum absolute atomic E-state index is 0.0588. The van der Waals surface area contributed by atoms with E-state index in [1.54, 1.807) is 6.07 Å². The highest BCUT2D eigenvalue weighted by molar-refractivity contribution is 5.58. The number of nitrogens with two attached hydrogens (primary N) is 1. The molecule has 0 saturated carbocycles. The fourth-order valence-electron chi connectivity index (χ4n) is 1.98. The summed E-state index contributed by atoms with van der Waals surface area (Å²) in [7, 11) is 0. The van der Waals surface area contributed by atoms with Crippen LogP contribution >= 0.6 is 0 Å². The molecule has 1 heterocycles. The van der Waals surface area contributed by atoms with Crippen molar-refractivity contribution in [2.24, 2.45) is 0 Å². The highest BCUT2D eigenvalue weighted by Crippen LogP contribution is 2.35. The molecule has 0 radical (unpaired) electrons. The predicted molar refractivity (Wildman–Crippen MR) is 63.3 cm³/mol. The number of hydrogen-bond donors (Lipinski definition) is 2. The molecule has 1 atom stereocenters. The van der Waals surface area contributed by atoms with Crippen LogP contribution in [-0.2, 0) is 10.9 Å². The first kappa shape index (κ1) is 13.0. The molecule has 1 saturated heterocycles. The van der Waals surface area contributed by atoms with E-state index < -0.39 is 11.7 Å². The van der Waals surface area contributed by atoms with E-state index >= 15 is 0 Å². The standard InChI is InChI=1S/C12H15F3N2O/c13-12(14,15)10-6-8(3-4-11(10)16)17-9-2-1-5-18-7-9/h3-4,6,9,17H,1-2,5,7,16H2. The van der Waals surface area contributed by atoms with Crippen LogP contribution in [0.15, 0.2) is 18.2 Å². The molecule has 100 valence electrons. The molecule has 1 aliphatic rings.